The van der Waals surface area contributed by atoms with Crippen molar-refractivity contribution in [2.45, 2.75) is 149 Å². The van der Waals surface area contributed by atoms with E-state index in [4.69, 9.17) is 90.0 Å². The van der Waals surface area contributed by atoms with Gasteiger partial charge in [0.1, 0.15) is 47.7 Å². The average molecular weight is 1640 g/mol. The van der Waals surface area contributed by atoms with Crippen LogP contribution in [0.2, 0.25) is 0 Å². The summed E-state index contributed by atoms with van der Waals surface area (Å²) in [5, 5.41) is 0. The van der Waals surface area contributed by atoms with E-state index in [1.165, 1.54) is 52.7 Å². The minimum atomic E-state index is -0.499. The van der Waals surface area contributed by atoms with Gasteiger partial charge in [0.05, 0.1) is 122 Å². The fourth-order valence-electron chi connectivity index (χ4n) is 12.0. The third-order valence-electron chi connectivity index (χ3n) is 18.5. The minimum Gasteiger partial charge on any atom is -0.493 e. The van der Waals surface area contributed by atoms with Crippen LogP contribution in [0.15, 0.2) is 152 Å². The van der Waals surface area contributed by atoms with Crippen LogP contribution in [0.1, 0.15) is 179 Å². The van der Waals surface area contributed by atoms with Crippen LogP contribution in [0.25, 0.3) is 24.3 Å². The largest absolute Gasteiger partial charge is 0.493 e. The van der Waals surface area contributed by atoms with Crippen LogP contribution in [-0.4, -0.2) is 146 Å². The van der Waals surface area contributed by atoms with E-state index in [1.54, 1.807) is 95.2 Å². The fourth-order valence-corrected chi connectivity index (χ4v) is 12.0. The molecule has 642 valence electrons. The molecule has 0 saturated heterocycles. The van der Waals surface area contributed by atoms with E-state index in [0.29, 0.717) is 133 Å². The van der Waals surface area contributed by atoms with Gasteiger partial charge >= 0.3 is 29.8 Å². The first-order chi connectivity index (χ1) is 58.1. The molecule has 7 aromatic carbocycles. The summed E-state index contributed by atoms with van der Waals surface area (Å²) in [6.45, 7) is 6.36. The maximum Gasteiger partial charge on any atom is 0.338 e. The third kappa shape index (κ3) is 36.6. The van der Waals surface area contributed by atoms with Crippen LogP contribution in [0.3, 0.4) is 0 Å². The summed E-state index contributed by atoms with van der Waals surface area (Å²) in [6, 6.07) is 38.6. The molecule has 0 spiro atoms. The molecule has 0 aliphatic carbocycles. The lowest BCUT2D eigenvalue weighted by atomic mass is 10.1. The van der Waals surface area contributed by atoms with Crippen molar-refractivity contribution < 1.29 is 114 Å². The number of carbonyl (C=O) groups excluding carboxylic acids is 5. The van der Waals surface area contributed by atoms with Gasteiger partial charge in [0, 0.05) is 42.5 Å². The van der Waals surface area contributed by atoms with E-state index in [9.17, 15) is 24.0 Å². The van der Waals surface area contributed by atoms with Crippen molar-refractivity contribution in [2.24, 2.45) is 0 Å². The molecule has 0 atom stereocenters. The highest BCUT2D eigenvalue weighted by molar-refractivity contribution is 5.91. The molecule has 24 heteroatoms. The Hall–Kier alpha value is -12.0. The van der Waals surface area contributed by atoms with E-state index in [2.05, 4.69) is 6.92 Å². The number of hydrogen-bond acceptors (Lipinski definition) is 24. The predicted octanol–water partition coefficient (Wildman–Crippen LogP) is 19.4. The lowest BCUT2D eigenvalue weighted by molar-refractivity contribution is -0.135. The average Bonchev–Trinajstić information content (AvgIpc) is 0.844. The number of carbonyl (C=O) groups is 5. The Kier molecular flexibility index (Phi) is 44.0. The third-order valence-corrected chi connectivity index (χ3v) is 18.5. The molecule has 119 heavy (non-hydrogen) atoms. The lowest BCUT2D eigenvalue weighted by Gasteiger charge is -2.16. The van der Waals surface area contributed by atoms with E-state index >= 15 is 0 Å². The van der Waals surface area contributed by atoms with Crippen LogP contribution in [-0.2, 0) is 56.1 Å². The zero-order valence-electron chi connectivity index (χ0n) is 70.5. The SMILES string of the molecule is CCCCCCOC(=O)c1cc(OCc2cc(OCCCCCCOc3ccc(C=CC(=O)OC)cc3OC)cc(OCCCCCCOc3ccc(C=CC(=O)OC)cc3OC)c2)cc(OCc2cc(OCCCCCCOc3ccc(C=CC(=O)OC)cc3OC)cc(OCCCCCCOc3ccc(C=CC(=O)OC)cc3OC)c2)c1. The second-order valence-electron chi connectivity index (χ2n) is 27.6. The van der Waals surface area contributed by atoms with Gasteiger partial charge in [-0.25, -0.2) is 24.0 Å². The predicted molar refractivity (Wildman–Crippen MR) is 456 cm³/mol. The Bertz CT molecular complexity index is 3870. The molecule has 0 N–H and O–H groups in total. The standard InChI is InChI=1S/C95H118O24/c1-10-11-12-21-54-117-95(100)76-63-81(118-68-74-55-77(109-46-22-13-17-26-50-113-83-38-30-70(59-87(83)101-2)34-42-91(96)105-6)65-78(56-74)110-47-23-14-18-27-51-114-84-39-31-71(60-88(84)102-3)35-43-92(97)106-7)67-82(64-76)119-69-75-57-79(111-48-24-15-19-28-52-115-85-40-32-72(61-89(85)103-4)36-44-93(98)107-8)66-80(58-75)112-49-25-16-20-29-53-116-86-41-33-73(62-90(86)104-5)37-45-94(99)108-9/h30-45,55-67H,10-29,46-54,68-69H2,1-9H3. The molecule has 0 bridgehead atoms. The minimum absolute atomic E-state index is 0.0901. The zero-order valence-corrected chi connectivity index (χ0v) is 70.5. The Morgan fingerprint density at radius 1 is 0.252 bits per heavy atom. The van der Waals surface area contributed by atoms with E-state index in [0.717, 1.165) is 162 Å². The smallest absolute Gasteiger partial charge is 0.338 e. The molecule has 0 unspecified atom stereocenters. The van der Waals surface area contributed by atoms with Crippen molar-refractivity contribution in [1.29, 1.82) is 0 Å². The molecule has 0 saturated carbocycles. The van der Waals surface area contributed by atoms with Gasteiger partial charge in [-0.3, -0.25) is 0 Å². The lowest BCUT2D eigenvalue weighted by Crippen LogP contribution is -2.08. The first kappa shape index (κ1) is 94.2. The van der Waals surface area contributed by atoms with E-state index < -0.39 is 29.8 Å². The summed E-state index contributed by atoms with van der Waals surface area (Å²) in [7, 11) is 11.6. The fraction of sp³-hybridized carbons (Fsp3) is 0.421. The Balaban J connectivity index is 1.01. The van der Waals surface area contributed by atoms with Gasteiger partial charge < -0.3 is 90.0 Å². The first-order valence-corrected chi connectivity index (χ1v) is 40.8. The molecule has 0 fully saturated rings. The normalized spacial score (nSPS) is 11.1. The summed E-state index contributed by atoms with van der Waals surface area (Å²) >= 11 is 0. The summed E-state index contributed by atoms with van der Waals surface area (Å²) in [5.74, 6) is 5.64. The molecule has 0 heterocycles. The molecule has 0 aliphatic rings. The van der Waals surface area contributed by atoms with E-state index in [-0.39, 0.29) is 25.4 Å². The molecule has 24 nitrogen and oxygen atoms in total. The van der Waals surface area contributed by atoms with Crippen molar-refractivity contribution in [3.05, 3.63) is 191 Å². The van der Waals surface area contributed by atoms with Crippen LogP contribution in [0, 0.1) is 0 Å². The van der Waals surface area contributed by atoms with Gasteiger partial charge in [-0.05, 0) is 252 Å². The number of ether oxygens (including phenoxy) is 19. The molecule has 0 radical (unpaired) electrons. The van der Waals surface area contributed by atoms with Gasteiger partial charge in [0.2, 0.25) is 0 Å². The van der Waals surface area contributed by atoms with Gasteiger partial charge in [0.25, 0.3) is 0 Å². The van der Waals surface area contributed by atoms with Crippen LogP contribution < -0.4 is 66.3 Å². The summed E-state index contributed by atoms with van der Waals surface area (Å²) < 4.78 is 110. The highest BCUT2D eigenvalue weighted by Crippen LogP contribution is 2.35. The van der Waals surface area contributed by atoms with Crippen LogP contribution in [0.5, 0.6) is 80.5 Å². The maximum atomic E-state index is 13.9. The molecular weight excluding hydrogens is 1530 g/mol. The molecule has 0 aromatic heterocycles. The Morgan fingerprint density at radius 3 is 0.748 bits per heavy atom. The maximum absolute atomic E-state index is 13.9. The van der Waals surface area contributed by atoms with Crippen molar-refractivity contribution in [3.8, 4) is 80.5 Å². The number of methoxy groups -OCH3 is 8. The van der Waals surface area contributed by atoms with Crippen molar-refractivity contribution >= 4 is 54.2 Å². The summed E-state index contributed by atoms with van der Waals surface area (Å²) in [6.07, 6.45) is 29.4. The zero-order chi connectivity index (χ0) is 84.9. The number of esters is 5. The molecular formula is C95H118O24. The quantitative estimate of drug-likeness (QED) is 0.0148. The van der Waals surface area contributed by atoms with Crippen molar-refractivity contribution in [2.75, 3.05) is 116 Å². The topological polar surface area (TPSA) is 261 Å². The summed E-state index contributed by atoms with van der Waals surface area (Å²) in [5.41, 5.74) is 4.91. The number of benzene rings is 7. The Morgan fingerprint density at radius 2 is 0.496 bits per heavy atom. The highest BCUT2D eigenvalue weighted by Gasteiger charge is 2.17. The number of rotatable bonds is 60. The monoisotopic (exact) mass is 1640 g/mol. The highest BCUT2D eigenvalue weighted by atomic mass is 16.6. The summed E-state index contributed by atoms with van der Waals surface area (Å²) in [4.78, 5) is 60.5. The Labute approximate surface area is 700 Å². The molecule has 0 aliphatic heterocycles. The second-order valence-corrected chi connectivity index (χ2v) is 27.6. The second kappa shape index (κ2) is 55.6. The number of unbranched alkanes of at least 4 members (excludes halogenated alkanes) is 15. The van der Waals surface area contributed by atoms with Crippen LogP contribution >= 0.6 is 0 Å². The van der Waals surface area contributed by atoms with Gasteiger partial charge in [0.15, 0.2) is 46.0 Å². The molecule has 0 amide bonds. The number of hydrogen-bond donors (Lipinski definition) is 0. The van der Waals surface area contributed by atoms with E-state index in [1.807, 2.05) is 84.9 Å². The first-order valence-electron chi connectivity index (χ1n) is 40.8. The van der Waals surface area contributed by atoms with Crippen molar-refractivity contribution in [1.82, 2.24) is 0 Å². The van der Waals surface area contributed by atoms with Gasteiger partial charge in [-0.15, -0.1) is 0 Å². The molecule has 7 aromatic rings. The van der Waals surface area contributed by atoms with Gasteiger partial charge in [-0.1, -0.05) is 50.5 Å². The van der Waals surface area contributed by atoms with Crippen molar-refractivity contribution in [3.63, 3.8) is 0 Å². The van der Waals surface area contributed by atoms with Crippen LogP contribution in [0.4, 0.5) is 0 Å². The molecule has 7 rings (SSSR count). The van der Waals surface area contributed by atoms with Gasteiger partial charge in [-0.2, -0.15) is 0 Å².